The number of hydrogen-bond acceptors (Lipinski definition) is 7. The fourth-order valence-corrected chi connectivity index (χ4v) is 4.71. The monoisotopic (exact) mass is 468 g/mol. The lowest BCUT2D eigenvalue weighted by Crippen LogP contribution is -2.32. The van der Waals surface area contributed by atoms with Crippen molar-refractivity contribution in [3.63, 3.8) is 0 Å². The quantitative estimate of drug-likeness (QED) is 0.340. The molecule has 1 aliphatic rings. The topological polar surface area (TPSA) is 79.4 Å². The van der Waals surface area contributed by atoms with Crippen molar-refractivity contribution in [1.29, 1.82) is 0 Å². The Morgan fingerprint density at radius 1 is 1.12 bits per heavy atom. The molecular formula is C24H32N6O2S. The number of carbonyl (C=O) groups excluding carboxylic acids is 1. The van der Waals surface area contributed by atoms with Crippen LogP contribution < -0.4 is 15.1 Å². The van der Waals surface area contributed by atoms with Crippen LogP contribution in [0.4, 0.5) is 11.6 Å². The van der Waals surface area contributed by atoms with Crippen molar-refractivity contribution in [2.24, 2.45) is 0 Å². The molecule has 2 aromatic heterocycles. The Labute approximate surface area is 199 Å². The van der Waals surface area contributed by atoms with Gasteiger partial charge in [-0.2, -0.15) is 0 Å². The maximum atomic E-state index is 12.4. The fourth-order valence-electron chi connectivity index (χ4n) is 3.95. The number of carbonyl (C=O) groups is 1. The third kappa shape index (κ3) is 6.54. The van der Waals surface area contributed by atoms with Gasteiger partial charge in [0.15, 0.2) is 5.16 Å². The molecule has 8 nitrogen and oxygen atoms in total. The Hall–Kier alpha value is -2.94. The van der Waals surface area contributed by atoms with Gasteiger partial charge < -0.3 is 19.5 Å². The van der Waals surface area contributed by atoms with E-state index in [-0.39, 0.29) is 5.91 Å². The third-order valence-corrected chi connectivity index (χ3v) is 6.72. The number of hydrogen-bond donors (Lipinski definition) is 1. The van der Waals surface area contributed by atoms with E-state index in [2.05, 4.69) is 49.1 Å². The summed E-state index contributed by atoms with van der Waals surface area (Å²) < 4.78 is 7.63. The summed E-state index contributed by atoms with van der Waals surface area (Å²) in [5.41, 5.74) is 1.18. The molecule has 1 saturated heterocycles. The lowest BCUT2D eigenvalue weighted by atomic mass is 10.1. The van der Waals surface area contributed by atoms with Gasteiger partial charge >= 0.3 is 0 Å². The minimum absolute atomic E-state index is 0.00874. The van der Waals surface area contributed by atoms with E-state index in [4.69, 9.17) is 4.42 Å². The summed E-state index contributed by atoms with van der Waals surface area (Å²) in [7, 11) is 2.07. The summed E-state index contributed by atoms with van der Waals surface area (Å²) in [5, 5.41) is 12.6. The number of piperidine rings is 1. The molecule has 3 heterocycles. The van der Waals surface area contributed by atoms with Crippen LogP contribution in [0.15, 0.2) is 58.3 Å². The predicted molar refractivity (Wildman–Crippen MR) is 132 cm³/mol. The zero-order chi connectivity index (χ0) is 22.9. The molecule has 0 bridgehead atoms. The Balaban J connectivity index is 1.28. The maximum absolute atomic E-state index is 12.4. The van der Waals surface area contributed by atoms with Gasteiger partial charge in [0.05, 0.1) is 18.6 Å². The van der Waals surface area contributed by atoms with Crippen LogP contribution in [0.5, 0.6) is 0 Å². The first-order valence-corrected chi connectivity index (χ1v) is 12.6. The molecule has 0 aliphatic carbocycles. The number of benzene rings is 1. The molecule has 0 atom stereocenters. The van der Waals surface area contributed by atoms with Crippen LogP contribution in [0.2, 0.25) is 0 Å². The Morgan fingerprint density at radius 3 is 2.70 bits per heavy atom. The fraction of sp³-hybridized carbons (Fsp3) is 0.458. The molecule has 1 aliphatic heterocycles. The first kappa shape index (κ1) is 23.2. The standard InChI is InChI=1S/C24H32N6O2S/c1-28(20-10-4-2-5-11-20)14-9-13-25-22(31)19-33-24-27-26-23(29-15-6-3-7-16-29)30(24)18-21-12-8-17-32-21/h2,4-5,8,10-12,17H,3,6-7,9,13-16,18-19H2,1H3,(H,25,31). The normalized spacial score (nSPS) is 13.8. The average molecular weight is 469 g/mol. The van der Waals surface area contributed by atoms with E-state index in [0.717, 1.165) is 55.8 Å². The van der Waals surface area contributed by atoms with Crippen molar-refractivity contribution < 1.29 is 9.21 Å². The van der Waals surface area contributed by atoms with Crippen molar-refractivity contribution >= 4 is 29.3 Å². The summed E-state index contributed by atoms with van der Waals surface area (Å²) in [4.78, 5) is 16.9. The van der Waals surface area contributed by atoms with Crippen molar-refractivity contribution in [1.82, 2.24) is 20.1 Å². The highest BCUT2D eigenvalue weighted by Crippen LogP contribution is 2.25. The molecule has 0 saturated carbocycles. The van der Waals surface area contributed by atoms with E-state index >= 15 is 0 Å². The second-order valence-corrected chi connectivity index (χ2v) is 9.19. The van der Waals surface area contributed by atoms with E-state index in [1.165, 1.54) is 23.9 Å². The number of furan rings is 1. The zero-order valence-corrected chi connectivity index (χ0v) is 20.0. The largest absolute Gasteiger partial charge is 0.467 e. The van der Waals surface area contributed by atoms with Crippen LogP contribution in [0, 0.1) is 0 Å². The SMILES string of the molecule is CN(CCCNC(=O)CSc1nnc(N2CCCCC2)n1Cc1ccco1)c1ccccc1. The minimum Gasteiger partial charge on any atom is -0.467 e. The number of amides is 1. The summed E-state index contributed by atoms with van der Waals surface area (Å²) in [5.74, 6) is 2.03. The van der Waals surface area contributed by atoms with Crippen molar-refractivity contribution in [2.75, 3.05) is 48.8 Å². The first-order valence-electron chi connectivity index (χ1n) is 11.6. The van der Waals surface area contributed by atoms with Gasteiger partial charge in [-0.1, -0.05) is 30.0 Å². The van der Waals surface area contributed by atoms with Crippen LogP contribution in [0.3, 0.4) is 0 Å². The molecule has 4 rings (SSSR count). The lowest BCUT2D eigenvalue weighted by molar-refractivity contribution is -0.118. The maximum Gasteiger partial charge on any atom is 0.230 e. The minimum atomic E-state index is 0.00874. The number of nitrogens with one attached hydrogen (secondary N) is 1. The van der Waals surface area contributed by atoms with Crippen molar-refractivity contribution in [3.8, 4) is 0 Å². The lowest BCUT2D eigenvalue weighted by Gasteiger charge is -2.27. The molecule has 33 heavy (non-hydrogen) atoms. The Bertz CT molecular complexity index is 986. The van der Waals surface area contributed by atoms with Gasteiger partial charge in [-0.25, -0.2) is 0 Å². The molecule has 3 aromatic rings. The number of para-hydroxylation sites is 1. The highest BCUT2D eigenvalue weighted by atomic mass is 32.2. The van der Waals surface area contributed by atoms with Gasteiger partial charge in [0.2, 0.25) is 11.9 Å². The molecule has 1 amide bonds. The second kappa shape index (κ2) is 11.8. The van der Waals surface area contributed by atoms with E-state index in [1.807, 2.05) is 30.3 Å². The Morgan fingerprint density at radius 2 is 1.94 bits per heavy atom. The van der Waals surface area contributed by atoms with Gasteiger partial charge in [-0.3, -0.25) is 9.36 Å². The van der Waals surface area contributed by atoms with Crippen LogP contribution in [0.25, 0.3) is 0 Å². The molecular weight excluding hydrogens is 436 g/mol. The third-order valence-electron chi connectivity index (χ3n) is 5.75. The van der Waals surface area contributed by atoms with Crippen LogP contribution >= 0.6 is 11.8 Å². The summed E-state index contributed by atoms with van der Waals surface area (Å²) >= 11 is 1.42. The van der Waals surface area contributed by atoms with Gasteiger partial charge in [0.1, 0.15) is 5.76 Å². The smallest absolute Gasteiger partial charge is 0.230 e. The summed E-state index contributed by atoms with van der Waals surface area (Å²) in [6.07, 6.45) is 6.15. The molecule has 9 heteroatoms. The van der Waals surface area contributed by atoms with Crippen molar-refractivity contribution in [2.45, 2.75) is 37.4 Å². The van der Waals surface area contributed by atoms with E-state index < -0.39 is 0 Å². The molecule has 0 unspecified atom stereocenters. The van der Waals surface area contributed by atoms with Gasteiger partial charge in [-0.15, -0.1) is 10.2 Å². The molecule has 1 N–H and O–H groups in total. The number of nitrogens with zero attached hydrogens (tertiary/aromatic N) is 5. The van der Waals surface area contributed by atoms with E-state index in [0.29, 0.717) is 18.8 Å². The molecule has 0 spiro atoms. The highest BCUT2D eigenvalue weighted by molar-refractivity contribution is 7.99. The first-order chi connectivity index (χ1) is 16.2. The second-order valence-electron chi connectivity index (χ2n) is 8.25. The average Bonchev–Trinajstić information content (AvgIpc) is 3.52. The van der Waals surface area contributed by atoms with Crippen LogP contribution in [-0.2, 0) is 11.3 Å². The number of thioether (sulfide) groups is 1. The number of aromatic nitrogens is 3. The van der Waals surface area contributed by atoms with Crippen LogP contribution in [0.1, 0.15) is 31.4 Å². The summed E-state index contributed by atoms with van der Waals surface area (Å²) in [6, 6.07) is 14.1. The van der Waals surface area contributed by atoms with Crippen molar-refractivity contribution in [3.05, 3.63) is 54.5 Å². The molecule has 1 fully saturated rings. The van der Waals surface area contributed by atoms with E-state index in [9.17, 15) is 4.79 Å². The van der Waals surface area contributed by atoms with Crippen LogP contribution in [-0.4, -0.2) is 59.7 Å². The predicted octanol–water partition coefficient (Wildman–Crippen LogP) is 3.64. The van der Waals surface area contributed by atoms with Gasteiger partial charge in [-0.05, 0) is 49.9 Å². The molecule has 0 radical (unpaired) electrons. The highest BCUT2D eigenvalue weighted by Gasteiger charge is 2.21. The van der Waals surface area contributed by atoms with Gasteiger partial charge in [0, 0.05) is 38.9 Å². The van der Waals surface area contributed by atoms with E-state index in [1.54, 1.807) is 6.26 Å². The summed E-state index contributed by atoms with van der Waals surface area (Å²) in [6.45, 7) is 4.06. The number of anilines is 2. The number of rotatable bonds is 11. The van der Waals surface area contributed by atoms with Gasteiger partial charge in [0.25, 0.3) is 0 Å². The Kier molecular flexibility index (Phi) is 8.30. The molecule has 1 aromatic carbocycles. The zero-order valence-electron chi connectivity index (χ0n) is 19.2. The molecule has 176 valence electrons.